The van der Waals surface area contributed by atoms with Crippen molar-refractivity contribution in [3.8, 4) is 6.07 Å². The van der Waals surface area contributed by atoms with Crippen LogP contribution in [0.3, 0.4) is 0 Å². The van der Waals surface area contributed by atoms with E-state index < -0.39 is 0 Å². The van der Waals surface area contributed by atoms with Crippen LogP contribution in [0, 0.1) is 17.2 Å². The average molecular weight is 166 g/mol. The maximum atomic E-state index is 8.91. The van der Waals surface area contributed by atoms with Gasteiger partial charge in [-0.05, 0) is 33.2 Å². The number of hydrogen-bond acceptors (Lipinski definition) is 2. The Kier molecular flexibility index (Phi) is 2.74. The molecule has 1 aliphatic heterocycles. The topological polar surface area (TPSA) is 27.0 Å². The molecule has 1 atom stereocenters. The van der Waals surface area contributed by atoms with E-state index in [0.29, 0.717) is 0 Å². The summed E-state index contributed by atoms with van der Waals surface area (Å²) in [6.07, 6.45) is 2.23. The lowest BCUT2D eigenvalue weighted by Crippen LogP contribution is -2.42. The van der Waals surface area contributed by atoms with Crippen molar-refractivity contribution in [2.75, 3.05) is 13.1 Å². The van der Waals surface area contributed by atoms with E-state index >= 15 is 0 Å². The van der Waals surface area contributed by atoms with Crippen LogP contribution < -0.4 is 0 Å². The highest BCUT2D eigenvalue weighted by atomic mass is 15.2. The summed E-state index contributed by atoms with van der Waals surface area (Å²) in [7, 11) is 0. The van der Waals surface area contributed by atoms with Gasteiger partial charge in [-0.1, -0.05) is 6.92 Å². The third kappa shape index (κ3) is 1.47. The molecule has 0 aromatic rings. The van der Waals surface area contributed by atoms with Crippen LogP contribution in [0.2, 0.25) is 0 Å². The number of nitrogens with zero attached hydrogens (tertiary/aromatic N) is 2. The molecule has 68 valence electrons. The second kappa shape index (κ2) is 3.45. The van der Waals surface area contributed by atoms with E-state index in [4.69, 9.17) is 5.26 Å². The largest absolute Gasteiger partial charge is 0.297 e. The van der Waals surface area contributed by atoms with Crippen LogP contribution in [0.1, 0.15) is 33.6 Å². The van der Waals surface area contributed by atoms with E-state index in [9.17, 15) is 0 Å². The van der Waals surface area contributed by atoms with Gasteiger partial charge < -0.3 is 0 Å². The molecule has 1 fully saturated rings. The fraction of sp³-hybridized carbons (Fsp3) is 0.900. The zero-order chi connectivity index (χ0) is 9.19. The Balaban J connectivity index is 2.65. The van der Waals surface area contributed by atoms with Crippen molar-refractivity contribution in [3.05, 3.63) is 0 Å². The van der Waals surface area contributed by atoms with Gasteiger partial charge in [0.25, 0.3) is 0 Å². The van der Waals surface area contributed by atoms with Crippen molar-refractivity contribution < 1.29 is 0 Å². The van der Waals surface area contributed by atoms with E-state index in [1.807, 2.05) is 0 Å². The summed E-state index contributed by atoms with van der Waals surface area (Å²) in [4.78, 5) is 2.43. The normalized spacial score (nSPS) is 28.7. The van der Waals surface area contributed by atoms with E-state index in [1.165, 1.54) is 6.42 Å². The molecule has 0 N–H and O–H groups in total. The lowest BCUT2D eigenvalue weighted by atomic mass is 9.90. The van der Waals surface area contributed by atoms with Gasteiger partial charge >= 0.3 is 0 Å². The van der Waals surface area contributed by atoms with Gasteiger partial charge in [0, 0.05) is 12.1 Å². The molecule has 0 amide bonds. The zero-order valence-corrected chi connectivity index (χ0v) is 8.30. The first-order valence-electron chi connectivity index (χ1n) is 4.77. The molecule has 0 aromatic carbocycles. The molecule has 1 saturated heterocycles. The summed E-state index contributed by atoms with van der Waals surface area (Å²) in [6, 6.07) is 2.40. The van der Waals surface area contributed by atoms with Crippen LogP contribution in [0.5, 0.6) is 0 Å². The summed E-state index contributed by atoms with van der Waals surface area (Å²) >= 11 is 0. The van der Waals surface area contributed by atoms with Gasteiger partial charge in [-0.2, -0.15) is 5.26 Å². The number of hydrogen-bond donors (Lipinski definition) is 0. The highest BCUT2D eigenvalue weighted by molar-refractivity contribution is 5.04. The molecule has 1 heterocycles. The highest BCUT2D eigenvalue weighted by Crippen LogP contribution is 2.33. The molecule has 2 nitrogen and oxygen atoms in total. The van der Waals surface area contributed by atoms with E-state index in [1.54, 1.807) is 0 Å². The molecule has 2 heteroatoms. The lowest BCUT2D eigenvalue weighted by Gasteiger charge is -2.33. The fourth-order valence-corrected chi connectivity index (χ4v) is 2.04. The zero-order valence-electron chi connectivity index (χ0n) is 8.30. The Labute approximate surface area is 75.2 Å². The Morgan fingerprint density at radius 2 is 2.25 bits per heavy atom. The lowest BCUT2D eigenvalue weighted by molar-refractivity contribution is 0.156. The molecule has 12 heavy (non-hydrogen) atoms. The third-order valence-corrected chi connectivity index (χ3v) is 3.00. The number of nitriles is 1. The molecule has 1 rings (SSSR count). The van der Waals surface area contributed by atoms with Crippen molar-refractivity contribution in [2.45, 2.75) is 39.2 Å². The molecular formula is C10H18N2. The Bertz CT molecular complexity index is 191. The minimum atomic E-state index is 0.102. The second-order valence-electron chi connectivity index (χ2n) is 4.11. The molecule has 0 bridgehead atoms. The monoisotopic (exact) mass is 166 g/mol. The number of likely N-dealkylation sites (tertiary alicyclic amines) is 1. The fourth-order valence-electron chi connectivity index (χ4n) is 2.04. The van der Waals surface area contributed by atoms with Crippen LogP contribution in [-0.4, -0.2) is 23.5 Å². The van der Waals surface area contributed by atoms with Crippen molar-refractivity contribution >= 4 is 0 Å². The van der Waals surface area contributed by atoms with Crippen LogP contribution in [0.4, 0.5) is 0 Å². The van der Waals surface area contributed by atoms with E-state index in [0.717, 1.165) is 19.5 Å². The first-order valence-corrected chi connectivity index (χ1v) is 4.77. The Morgan fingerprint density at radius 3 is 2.67 bits per heavy atom. The van der Waals surface area contributed by atoms with Crippen LogP contribution in [0.15, 0.2) is 0 Å². The standard InChI is InChI=1S/C10H18N2/c1-4-6-12-7-5-9(8-11)10(12,2)3/h9H,4-7H2,1-3H3. The van der Waals surface area contributed by atoms with E-state index in [-0.39, 0.29) is 11.5 Å². The Hall–Kier alpha value is -0.550. The first-order chi connectivity index (χ1) is 5.62. The smallest absolute Gasteiger partial charge is 0.0675 e. The van der Waals surface area contributed by atoms with Gasteiger partial charge in [0.1, 0.15) is 0 Å². The molecule has 0 spiro atoms. The summed E-state index contributed by atoms with van der Waals surface area (Å²) in [5.41, 5.74) is 0.102. The molecule has 0 aliphatic carbocycles. The summed E-state index contributed by atoms with van der Waals surface area (Å²) in [5.74, 6) is 0.226. The third-order valence-electron chi connectivity index (χ3n) is 3.00. The molecule has 0 saturated carbocycles. The average Bonchev–Trinajstić information content (AvgIpc) is 2.28. The second-order valence-corrected chi connectivity index (χ2v) is 4.11. The summed E-state index contributed by atoms with van der Waals surface area (Å²) in [6.45, 7) is 8.78. The van der Waals surface area contributed by atoms with Gasteiger partial charge in [-0.15, -0.1) is 0 Å². The molecule has 1 unspecified atom stereocenters. The Morgan fingerprint density at radius 1 is 1.58 bits per heavy atom. The summed E-state index contributed by atoms with van der Waals surface area (Å²) in [5, 5.41) is 8.91. The molecule has 0 radical (unpaired) electrons. The predicted octanol–water partition coefficient (Wildman–Crippen LogP) is 2.02. The maximum Gasteiger partial charge on any atom is 0.0675 e. The molecule has 0 aromatic heterocycles. The van der Waals surface area contributed by atoms with Crippen molar-refractivity contribution in [1.29, 1.82) is 5.26 Å². The van der Waals surface area contributed by atoms with Crippen LogP contribution >= 0.6 is 0 Å². The minimum absolute atomic E-state index is 0.102. The van der Waals surface area contributed by atoms with Gasteiger partial charge in [0.15, 0.2) is 0 Å². The minimum Gasteiger partial charge on any atom is -0.297 e. The van der Waals surface area contributed by atoms with Gasteiger partial charge in [-0.3, -0.25) is 4.90 Å². The molecule has 1 aliphatic rings. The number of rotatable bonds is 2. The van der Waals surface area contributed by atoms with E-state index in [2.05, 4.69) is 31.7 Å². The van der Waals surface area contributed by atoms with Gasteiger partial charge in [0.2, 0.25) is 0 Å². The van der Waals surface area contributed by atoms with Gasteiger partial charge in [-0.25, -0.2) is 0 Å². The highest BCUT2D eigenvalue weighted by Gasteiger charge is 2.40. The van der Waals surface area contributed by atoms with Crippen LogP contribution in [-0.2, 0) is 0 Å². The quantitative estimate of drug-likeness (QED) is 0.627. The van der Waals surface area contributed by atoms with Crippen LogP contribution in [0.25, 0.3) is 0 Å². The predicted molar refractivity (Wildman–Crippen MR) is 49.7 cm³/mol. The summed E-state index contributed by atoms with van der Waals surface area (Å²) < 4.78 is 0. The first kappa shape index (κ1) is 9.54. The SMILES string of the molecule is CCCN1CCC(C#N)C1(C)C. The van der Waals surface area contributed by atoms with Crippen molar-refractivity contribution in [2.24, 2.45) is 5.92 Å². The maximum absolute atomic E-state index is 8.91. The van der Waals surface area contributed by atoms with Crippen molar-refractivity contribution in [3.63, 3.8) is 0 Å². The van der Waals surface area contributed by atoms with Gasteiger partial charge in [0.05, 0.1) is 12.0 Å². The van der Waals surface area contributed by atoms with Crippen molar-refractivity contribution in [1.82, 2.24) is 4.90 Å². The molecular weight excluding hydrogens is 148 g/mol.